The summed E-state index contributed by atoms with van der Waals surface area (Å²) < 4.78 is 0. The highest BCUT2D eigenvalue weighted by atomic mass is 16.4. The molecule has 0 radical (unpaired) electrons. The first-order valence-electron chi connectivity index (χ1n) is 2.44. The van der Waals surface area contributed by atoms with Crippen LogP contribution in [0.1, 0.15) is 12.8 Å². The number of hydrogen-bond acceptors (Lipinski definition) is 4. The molecule has 0 amide bonds. The van der Waals surface area contributed by atoms with Crippen molar-refractivity contribution in [3.05, 3.63) is 0 Å². The average molecular weight is 134 g/mol. The minimum atomic E-state index is -1.85. The Bertz CT molecular complexity index is 107. The van der Waals surface area contributed by atoms with Crippen LogP contribution in [0.25, 0.3) is 0 Å². The van der Waals surface area contributed by atoms with Crippen molar-refractivity contribution in [3.63, 3.8) is 0 Å². The van der Waals surface area contributed by atoms with Crippen LogP contribution >= 0.6 is 0 Å². The van der Waals surface area contributed by atoms with E-state index in [0.717, 1.165) is 0 Å². The highest BCUT2D eigenvalue weighted by Gasteiger charge is 2.14. The SMILES string of the molecule is NC(N)(O)CCC(=O)O. The molecule has 0 rings (SSSR count). The zero-order valence-electron chi connectivity index (χ0n) is 4.87. The van der Waals surface area contributed by atoms with Crippen LogP contribution in [-0.4, -0.2) is 22.0 Å². The van der Waals surface area contributed by atoms with Crippen LogP contribution in [0.15, 0.2) is 0 Å². The second-order valence-electron chi connectivity index (χ2n) is 1.88. The van der Waals surface area contributed by atoms with Gasteiger partial charge in [0.05, 0.1) is 6.42 Å². The monoisotopic (exact) mass is 134 g/mol. The van der Waals surface area contributed by atoms with Crippen LogP contribution < -0.4 is 11.5 Å². The quantitative estimate of drug-likeness (QED) is 0.348. The summed E-state index contributed by atoms with van der Waals surface area (Å²) in [7, 11) is 0. The van der Waals surface area contributed by atoms with E-state index >= 15 is 0 Å². The summed E-state index contributed by atoms with van der Waals surface area (Å²) in [6.45, 7) is 0. The Morgan fingerprint density at radius 2 is 2.00 bits per heavy atom. The van der Waals surface area contributed by atoms with E-state index in [2.05, 4.69) is 0 Å². The number of carboxylic acid groups (broad SMARTS) is 1. The van der Waals surface area contributed by atoms with Crippen molar-refractivity contribution in [2.45, 2.75) is 18.7 Å². The molecule has 6 N–H and O–H groups in total. The summed E-state index contributed by atoms with van der Waals surface area (Å²) in [6.07, 6.45) is -0.355. The van der Waals surface area contributed by atoms with Crippen molar-refractivity contribution in [1.82, 2.24) is 0 Å². The van der Waals surface area contributed by atoms with E-state index in [1.54, 1.807) is 0 Å². The zero-order chi connectivity index (χ0) is 7.49. The van der Waals surface area contributed by atoms with Crippen LogP contribution in [-0.2, 0) is 4.79 Å². The van der Waals surface area contributed by atoms with Crippen LogP contribution in [0.2, 0.25) is 0 Å². The van der Waals surface area contributed by atoms with Crippen molar-refractivity contribution in [1.29, 1.82) is 0 Å². The van der Waals surface area contributed by atoms with E-state index in [-0.39, 0.29) is 12.8 Å². The molecule has 0 fully saturated rings. The third kappa shape index (κ3) is 7.35. The number of aliphatic carboxylic acids is 1. The largest absolute Gasteiger partial charge is 0.481 e. The third-order valence-corrected chi connectivity index (χ3v) is 0.739. The minimum Gasteiger partial charge on any atom is -0.481 e. The summed E-state index contributed by atoms with van der Waals surface area (Å²) in [6, 6.07) is 0. The third-order valence-electron chi connectivity index (χ3n) is 0.739. The first-order chi connectivity index (χ1) is 3.92. The van der Waals surface area contributed by atoms with Gasteiger partial charge in [0.25, 0.3) is 0 Å². The Kier molecular flexibility index (Phi) is 2.57. The Morgan fingerprint density at radius 1 is 1.56 bits per heavy atom. The number of aliphatic hydroxyl groups is 1. The van der Waals surface area contributed by atoms with E-state index in [4.69, 9.17) is 21.7 Å². The van der Waals surface area contributed by atoms with Gasteiger partial charge in [-0.2, -0.15) is 0 Å². The lowest BCUT2D eigenvalue weighted by molar-refractivity contribution is -0.138. The van der Waals surface area contributed by atoms with Crippen LogP contribution in [0, 0.1) is 0 Å². The predicted octanol–water partition coefficient (Wildman–Crippen LogP) is -1.59. The Hall–Kier alpha value is -0.650. The molecule has 0 saturated heterocycles. The highest BCUT2D eigenvalue weighted by molar-refractivity contribution is 5.66. The average Bonchev–Trinajstić information content (AvgIpc) is 1.59. The molecule has 0 heterocycles. The molecule has 0 aromatic rings. The zero-order valence-corrected chi connectivity index (χ0v) is 4.87. The van der Waals surface area contributed by atoms with E-state index in [1.165, 1.54) is 0 Å². The van der Waals surface area contributed by atoms with Crippen molar-refractivity contribution < 1.29 is 15.0 Å². The van der Waals surface area contributed by atoms with Gasteiger partial charge in [-0.05, 0) is 0 Å². The lowest BCUT2D eigenvalue weighted by atomic mass is 10.2. The molecule has 0 aliphatic rings. The molecule has 0 aliphatic carbocycles. The lowest BCUT2D eigenvalue weighted by Crippen LogP contribution is -2.49. The number of carboxylic acids is 1. The van der Waals surface area contributed by atoms with Gasteiger partial charge in [0.1, 0.15) is 0 Å². The van der Waals surface area contributed by atoms with Crippen molar-refractivity contribution >= 4 is 5.97 Å². The molecule has 9 heavy (non-hydrogen) atoms. The molecule has 54 valence electrons. The van der Waals surface area contributed by atoms with Gasteiger partial charge in [-0.1, -0.05) is 0 Å². The Balaban J connectivity index is 3.39. The molecule has 0 bridgehead atoms. The first-order valence-corrected chi connectivity index (χ1v) is 2.44. The standard InChI is InChI=1S/C4H10N2O3/c5-4(6,9)2-1-3(7)8/h9H,1-2,5-6H2,(H,7,8). The second-order valence-corrected chi connectivity index (χ2v) is 1.88. The van der Waals surface area contributed by atoms with E-state index < -0.39 is 11.8 Å². The molecule has 0 aliphatic heterocycles. The fourth-order valence-corrected chi connectivity index (χ4v) is 0.307. The summed E-state index contributed by atoms with van der Waals surface area (Å²) in [5.74, 6) is -2.87. The summed E-state index contributed by atoms with van der Waals surface area (Å²) in [5, 5.41) is 16.6. The molecule has 0 spiro atoms. The summed E-state index contributed by atoms with van der Waals surface area (Å²) in [4.78, 5) is 9.82. The molecule has 0 atom stereocenters. The molecule has 0 aromatic carbocycles. The van der Waals surface area contributed by atoms with Gasteiger partial charge >= 0.3 is 5.97 Å². The fraction of sp³-hybridized carbons (Fsp3) is 0.750. The van der Waals surface area contributed by atoms with Gasteiger partial charge in [0.15, 0.2) is 5.85 Å². The topological polar surface area (TPSA) is 110 Å². The maximum Gasteiger partial charge on any atom is 0.303 e. The molecule has 0 unspecified atom stereocenters. The van der Waals surface area contributed by atoms with Crippen LogP contribution in [0.4, 0.5) is 0 Å². The normalized spacial score (nSPS) is 11.4. The molecule has 0 aromatic heterocycles. The lowest BCUT2D eigenvalue weighted by Gasteiger charge is -2.14. The number of nitrogens with two attached hydrogens (primary N) is 2. The number of carbonyl (C=O) groups is 1. The molecular formula is C4H10N2O3. The molecule has 5 heteroatoms. The van der Waals surface area contributed by atoms with Crippen LogP contribution in [0.5, 0.6) is 0 Å². The van der Waals surface area contributed by atoms with Crippen LogP contribution in [0.3, 0.4) is 0 Å². The van der Waals surface area contributed by atoms with Gasteiger partial charge in [-0.25, -0.2) is 0 Å². The second kappa shape index (κ2) is 2.77. The molecular weight excluding hydrogens is 124 g/mol. The first kappa shape index (κ1) is 8.35. The van der Waals surface area contributed by atoms with Gasteiger partial charge in [0, 0.05) is 6.42 Å². The fourth-order valence-electron chi connectivity index (χ4n) is 0.307. The molecule has 5 nitrogen and oxygen atoms in total. The predicted molar refractivity (Wildman–Crippen MR) is 30.2 cm³/mol. The maximum absolute atomic E-state index is 9.82. The smallest absolute Gasteiger partial charge is 0.303 e. The molecule has 0 saturated carbocycles. The van der Waals surface area contributed by atoms with Crippen molar-refractivity contribution in [2.24, 2.45) is 11.5 Å². The van der Waals surface area contributed by atoms with Crippen molar-refractivity contribution in [2.75, 3.05) is 0 Å². The van der Waals surface area contributed by atoms with Crippen molar-refractivity contribution in [3.8, 4) is 0 Å². The van der Waals surface area contributed by atoms with Gasteiger partial charge in [-0.3, -0.25) is 16.3 Å². The summed E-state index contributed by atoms with van der Waals surface area (Å²) >= 11 is 0. The van der Waals surface area contributed by atoms with Gasteiger partial charge in [-0.15, -0.1) is 0 Å². The number of hydrogen-bond donors (Lipinski definition) is 4. The van der Waals surface area contributed by atoms with E-state index in [9.17, 15) is 4.79 Å². The Morgan fingerprint density at radius 3 is 2.11 bits per heavy atom. The summed E-state index contributed by atoms with van der Waals surface area (Å²) in [5.41, 5.74) is 9.71. The minimum absolute atomic E-state index is 0.137. The van der Waals surface area contributed by atoms with Gasteiger partial charge in [0.2, 0.25) is 0 Å². The highest BCUT2D eigenvalue weighted by Crippen LogP contribution is 1.96. The van der Waals surface area contributed by atoms with Gasteiger partial charge < -0.3 is 10.2 Å². The maximum atomic E-state index is 9.82. The Labute approximate surface area is 52.3 Å². The van der Waals surface area contributed by atoms with E-state index in [0.29, 0.717) is 0 Å². The number of rotatable bonds is 3. The van der Waals surface area contributed by atoms with E-state index in [1.807, 2.05) is 0 Å².